The molecule has 5 nitrogen and oxygen atoms in total. The van der Waals surface area contributed by atoms with Crippen LogP contribution in [0, 0.1) is 0 Å². The van der Waals surface area contributed by atoms with Crippen LogP contribution in [0.25, 0.3) is 11.3 Å². The highest BCUT2D eigenvalue weighted by molar-refractivity contribution is 7.14. The molecule has 0 saturated carbocycles. The summed E-state index contributed by atoms with van der Waals surface area (Å²) in [6.45, 7) is 0.0287. The topological polar surface area (TPSA) is 77.2 Å². The Balaban J connectivity index is 0.00000288. The van der Waals surface area contributed by atoms with Gasteiger partial charge in [0.05, 0.1) is 17.9 Å². The van der Waals surface area contributed by atoms with Crippen LogP contribution in [-0.2, 0) is 15.7 Å². The van der Waals surface area contributed by atoms with E-state index in [1.165, 1.54) is 30.7 Å². The molecule has 0 spiro atoms. The molecule has 0 aliphatic rings. The van der Waals surface area contributed by atoms with E-state index in [9.17, 15) is 18.0 Å². The van der Waals surface area contributed by atoms with E-state index in [-0.39, 0.29) is 35.4 Å². The molecule has 1 aromatic carbocycles. The van der Waals surface area contributed by atoms with Gasteiger partial charge >= 0.3 is 6.18 Å². The van der Waals surface area contributed by atoms with Crippen LogP contribution in [0.15, 0.2) is 29.6 Å². The Labute approximate surface area is 146 Å². The molecular formula is C14H15ClF3N3O2S. The van der Waals surface area contributed by atoms with E-state index in [2.05, 4.69) is 10.3 Å². The first kappa shape index (κ1) is 20.4. The van der Waals surface area contributed by atoms with Gasteiger partial charge in [-0.25, -0.2) is 4.98 Å². The standard InChI is InChI=1S/C14H14F3N3O2S.ClH/c1-22-6-10(18)12(21)20-13-19-11(7-23-13)8-4-2-3-5-9(8)14(15,16)17;/h2-5,7,10H,6,18H2,1H3,(H,19,20,21);1H. The van der Waals surface area contributed by atoms with Crippen LogP contribution in [-0.4, -0.2) is 30.6 Å². The molecule has 0 bridgehead atoms. The lowest BCUT2D eigenvalue weighted by molar-refractivity contribution is -0.137. The number of halogens is 4. The Bertz CT molecular complexity index is 694. The number of rotatable bonds is 5. The lowest BCUT2D eigenvalue weighted by Crippen LogP contribution is -2.39. The van der Waals surface area contributed by atoms with Crippen molar-refractivity contribution >= 4 is 34.8 Å². The number of alkyl halides is 3. The van der Waals surface area contributed by atoms with Gasteiger partial charge in [0, 0.05) is 18.1 Å². The lowest BCUT2D eigenvalue weighted by atomic mass is 10.1. The molecule has 2 aromatic rings. The van der Waals surface area contributed by atoms with E-state index >= 15 is 0 Å². The zero-order valence-corrected chi connectivity index (χ0v) is 14.1. The maximum Gasteiger partial charge on any atom is 0.417 e. The summed E-state index contributed by atoms with van der Waals surface area (Å²) in [5, 5.41) is 4.08. The zero-order valence-electron chi connectivity index (χ0n) is 12.5. The third-order valence-corrected chi connectivity index (χ3v) is 3.68. The normalized spacial score (nSPS) is 12.4. The predicted molar refractivity (Wildman–Crippen MR) is 88.3 cm³/mol. The second kappa shape index (κ2) is 8.43. The molecule has 0 aliphatic heterocycles. The third-order valence-electron chi connectivity index (χ3n) is 2.93. The van der Waals surface area contributed by atoms with Gasteiger partial charge in [0.15, 0.2) is 5.13 Å². The number of thiazole rings is 1. The van der Waals surface area contributed by atoms with Gasteiger partial charge in [0.1, 0.15) is 6.04 Å². The number of benzene rings is 1. The summed E-state index contributed by atoms with van der Waals surface area (Å²) in [5.41, 5.74) is 4.88. The number of anilines is 1. The van der Waals surface area contributed by atoms with Crippen molar-refractivity contribution in [2.24, 2.45) is 5.73 Å². The molecule has 1 atom stereocenters. The average molecular weight is 382 g/mol. The van der Waals surface area contributed by atoms with Crippen LogP contribution < -0.4 is 11.1 Å². The highest BCUT2D eigenvalue weighted by Crippen LogP contribution is 2.37. The SMILES string of the molecule is COCC(N)C(=O)Nc1nc(-c2ccccc2C(F)(F)F)cs1.Cl. The summed E-state index contributed by atoms with van der Waals surface area (Å²) in [4.78, 5) is 15.8. The van der Waals surface area contributed by atoms with Crippen molar-refractivity contribution in [1.82, 2.24) is 4.98 Å². The summed E-state index contributed by atoms with van der Waals surface area (Å²) in [7, 11) is 1.41. The molecule has 1 heterocycles. The van der Waals surface area contributed by atoms with Gasteiger partial charge in [0.25, 0.3) is 0 Å². The molecule has 10 heteroatoms. The molecule has 3 N–H and O–H groups in total. The third kappa shape index (κ3) is 4.91. The molecule has 1 unspecified atom stereocenters. The number of carbonyl (C=O) groups is 1. The number of hydrogen-bond donors (Lipinski definition) is 2. The molecule has 0 radical (unpaired) electrons. The second-order valence-electron chi connectivity index (χ2n) is 4.63. The van der Waals surface area contributed by atoms with Gasteiger partial charge in [-0.05, 0) is 6.07 Å². The molecule has 132 valence electrons. The van der Waals surface area contributed by atoms with Crippen molar-refractivity contribution in [3.05, 3.63) is 35.2 Å². The van der Waals surface area contributed by atoms with Crippen LogP contribution in [0.5, 0.6) is 0 Å². The van der Waals surface area contributed by atoms with E-state index < -0.39 is 23.7 Å². The number of aromatic nitrogens is 1. The minimum atomic E-state index is -4.48. The fourth-order valence-electron chi connectivity index (χ4n) is 1.86. The Morgan fingerprint density at radius 1 is 1.42 bits per heavy atom. The van der Waals surface area contributed by atoms with Gasteiger partial charge in [-0.1, -0.05) is 18.2 Å². The Hall–Kier alpha value is -1.68. The Morgan fingerprint density at radius 3 is 2.71 bits per heavy atom. The number of nitrogens with two attached hydrogens (primary N) is 1. The maximum absolute atomic E-state index is 13.0. The number of nitrogens with zero attached hydrogens (tertiary/aromatic N) is 1. The summed E-state index contributed by atoms with van der Waals surface area (Å²) in [6, 6.07) is 4.25. The quantitative estimate of drug-likeness (QED) is 0.834. The highest BCUT2D eigenvalue weighted by atomic mass is 35.5. The largest absolute Gasteiger partial charge is 0.417 e. The molecule has 0 aliphatic carbocycles. The number of methoxy groups -OCH3 is 1. The average Bonchev–Trinajstić information content (AvgIpc) is 2.95. The first-order valence-corrected chi connectivity index (χ1v) is 7.38. The maximum atomic E-state index is 13.0. The van der Waals surface area contributed by atoms with Gasteiger partial charge in [-0.2, -0.15) is 13.2 Å². The lowest BCUT2D eigenvalue weighted by Gasteiger charge is -2.11. The first-order chi connectivity index (χ1) is 10.8. The molecule has 24 heavy (non-hydrogen) atoms. The van der Waals surface area contributed by atoms with Gasteiger partial charge < -0.3 is 15.8 Å². The summed E-state index contributed by atoms with van der Waals surface area (Å²) < 4.78 is 43.8. The van der Waals surface area contributed by atoms with E-state index in [1.54, 1.807) is 0 Å². The number of nitrogens with one attached hydrogen (secondary N) is 1. The van der Waals surface area contributed by atoms with Crippen molar-refractivity contribution in [2.45, 2.75) is 12.2 Å². The minimum absolute atomic E-state index is 0. The fraction of sp³-hybridized carbons (Fsp3) is 0.286. The van der Waals surface area contributed by atoms with Gasteiger partial charge in [-0.15, -0.1) is 23.7 Å². The number of hydrogen-bond acceptors (Lipinski definition) is 5. The zero-order chi connectivity index (χ0) is 17.0. The van der Waals surface area contributed by atoms with E-state index in [4.69, 9.17) is 10.5 Å². The molecule has 1 amide bonds. The highest BCUT2D eigenvalue weighted by Gasteiger charge is 2.33. The number of ether oxygens (including phenoxy) is 1. The Kier molecular flexibility index (Phi) is 7.15. The summed E-state index contributed by atoms with van der Waals surface area (Å²) in [5.74, 6) is -0.517. The molecule has 1 aromatic heterocycles. The van der Waals surface area contributed by atoms with E-state index in [0.717, 1.165) is 17.4 Å². The molecule has 0 saturated heterocycles. The predicted octanol–water partition coefficient (Wildman–Crippen LogP) is 3.16. The number of carbonyl (C=O) groups excluding carboxylic acids is 1. The first-order valence-electron chi connectivity index (χ1n) is 6.50. The van der Waals surface area contributed by atoms with Crippen LogP contribution in [0.2, 0.25) is 0 Å². The van der Waals surface area contributed by atoms with Gasteiger partial charge in [0.2, 0.25) is 5.91 Å². The summed E-state index contributed by atoms with van der Waals surface area (Å²) in [6.07, 6.45) is -4.48. The minimum Gasteiger partial charge on any atom is -0.383 e. The summed E-state index contributed by atoms with van der Waals surface area (Å²) >= 11 is 1.02. The van der Waals surface area contributed by atoms with Crippen molar-refractivity contribution in [3.63, 3.8) is 0 Å². The van der Waals surface area contributed by atoms with Crippen molar-refractivity contribution in [3.8, 4) is 11.3 Å². The molecular weight excluding hydrogens is 367 g/mol. The van der Waals surface area contributed by atoms with E-state index in [1.807, 2.05) is 0 Å². The van der Waals surface area contributed by atoms with Crippen LogP contribution >= 0.6 is 23.7 Å². The fourth-order valence-corrected chi connectivity index (χ4v) is 2.58. The van der Waals surface area contributed by atoms with Crippen LogP contribution in [0.4, 0.5) is 18.3 Å². The smallest absolute Gasteiger partial charge is 0.383 e. The van der Waals surface area contributed by atoms with Crippen LogP contribution in [0.3, 0.4) is 0 Å². The van der Waals surface area contributed by atoms with Crippen molar-refractivity contribution < 1.29 is 22.7 Å². The Morgan fingerprint density at radius 2 is 2.08 bits per heavy atom. The monoisotopic (exact) mass is 381 g/mol. The second-order valence-corrected chi connectivity index (χ2v) is 5.49. The number of amides is 1. The molecule has 2 rings (SSSR count). The van der Waals surface area contributed by atoms with Gasteiger partial charge in [-0.3, -0.25) is 4.79 Å². The van der Waals surface area contributed by atoms with Crippen molar-refractivity contribution in [2.75, 3.05) is 19.0 Å². The van der Waals surface area contributed by atoms with E-state index in [0.29, 0.717) is 0 Å². The van der Waals surface area contributed by atoms with Crippen molar-refractivity contribution in [1.29, 1.82) is 0 Å². The molecule has 0 fully saturated rings. The van der Waals surface area contributed by atoms with Crippen LogP contribution in [0.1, 0.15) is 5.56 Å².